The minimum absolute atomic E-state index is 0.115. The van der Waals surface area contributed by atoms with E-state index in [0.717, 1.165) is 22.3 Å². The fourth-order valence-corrected chi connectivity index (χ4v) is 3.05. The van der Waals surface area contributed by atoms with Crippen LogP contribution >= 0.6 is 0 Å². The number of hydrogen-bond donors (Lipinski definition) is 0. The largest absolute Gasteiger partial charge is 0.203 e. The smallest absolute Gasteiger partial charge is 0.126 e. The number of rotatable bonds is 3. The highest BCUT2D eigenvalue weighted by Crippen LogP contribution is 2.26. The van der Waals surface area contributed by atoms with Gasteiger partial charge in [0, 0.05) is 11.1 Å². The van der Waals surface area contributed by atoms with E-state index in [0.29, 0.717) is 11.6 Å². The average Bonchev–Trinajstić information content (AvgIpc) is 2.74. The van der Waals surface area contributed by atoms with Crippen LogP contribution in [-0.4, -0.2) is 20.4 Å². The Balaban J connectivity index is 1.60. The van der Waals surface area contributed by atoms with E-state index >= 15 is 0 Å². The van der Waals surface area contributed by atoms with Crippen molar-refractivity contribution in [2.75, 3.05) is 0 Å². The summed E-state index contributed by atoms with van der Waals surface area (Å²) in [5.41, 5.74) is 5.47. The second-order valence-electron chi connectivity index (χ2n) is 7.82. The van der Waals surface area contributed by atoms with Crippen LogP contribution < -0.4 is 0 Å². The Kier molecular flexibility index (Phi) is 4.70. The zero-order valence-corrected chi connectivity index (χ0v) is 16.3. The summed E-state index contributed by atoms with van der Waals surface area (Å²) < 4.78 is 0. The molecule has 4 rings (SSSR count). The summed E-state index contributed by atoms with van der Waals surface area (Å²) in [5, 5.41) is 17.2. The van der Waals surface area contributed by atoms with Gasteiger partial charge in [-0.2, -0.15) is 0 Å². The molecule has 3 aromatic carbocycles. The van der Waals surface area contributed by atoms with E-state index in [2.05, 4.69) is 77.6 Å². The fraction of sp³-hybridized carbons (Fsp3) is 0.167. The van der Waals surface area contributed by atoms with Crippen LogP contribution in [0, 0.1) is 0 Å². The molecule has 1 aromatic heterocycles. The molecule has 1 heterocycles. The summed E-state index contributed by atoms with van der Waals surface area (Å²) in [4.78, 5) is 0. The Morgan fingerprint density at radius 2 is 1.04 bits per heavy atom. The summed E-state index contributed by atoms with van der Waals surface area (Å²) in [6.07, 6.45) is 0. The summed E-state index contributed by atoms with van der Waals surface area (Å²) in [6, 6.07) is 26.6. The molecular weight excluding hydrogens is 344 g/mol. The molecule has 28 heavy (non-hydrogen) atoms. The second-order valence-corrected chi connectivity index (χ2v) is 7.82. The quantitative estimate of drug-likeness (QED) is 0.476. The Morgan fingerprint density at radius 3 is 1.64 bits per heavy atom. The average molecular weight is 366 g/mol. The normalized spacial score (nSPS) is 11.4. The first-order valence-electron chi connectivity index (χ1n) is 9.35. The highest BCUT2D eigenvalue weighted by molar-refractivity contribution is 5.70. The molecule has 0 aliphatic carbocycles. The molecule has 0 saturated carbocycles. The Bertz CT molecular complexity index is 1060. The fourth-order valence-electron chi connectivity index (χ4n) is 3.05. The molecule has 138 valence electrons. The molecule has 0 fully saturated rings. The summed E-state index contributed by atoms with van der Waals surface area (Å²) >= 11 is 0. The maximum absolute atomic E-state index is 4.31. The molecule has 0 unspecified atom stereocenters. The van der Waals surface area contributed by atoms with Gasteiger partial charge in [0.25, 0.3) is 0 Å². The third-order valence-corrected chi connectivity index (χ3v) is 4.72. The number of benzene rings is 3. The van der Waals surface area contributed by atoms with Crippen LogP contribution in [-0.2, 0) is 5.41 Å². The monoisotopic (exact) mass is 366 g/mol. The van der Waals surface area contributed by atoms with Crippen molar-refractivity contribution < 1.29 is 0 Å². The molecule has 0 spiro atoms. The van der Waals surface area contributed by atoms with Gasteiger partial charge < -0.3 is 0 Å². The summed E-state index contributed by atoms with van der Waals surface area (Å²) in [7, 11) is 0. The third-order valence-electron chi connectivity index (χ3n) is 4.72. The number of aromatic nitrogens is 4. The van der Waals surface area contributed by atoms with Crippen molar-refractivity contribution in [3.63, 3.8) is 0 Å². The molecule has 0 saturated heterocycles. The summed E-state index contributed by atoms with van der Waals surface area (Å²) in [6.45, 7) is 6.58. The Morgan fingerprint density at radius 1 is 0.500 bits per heavy atom. The number of hydrogen-bond acceptors (Lipinski definition) is 4. The van der Waals surface area contributed by atoms with Gasteiger partial charge in [-0.05, 0) is 28.2 Å². The first-order valence-corrected chi connectivity index (χ1v) is 9.35. The van der Waals surface area contributed by atoms with E-state index in [1.165, 1.54) is 5.56 Å². The zero-order chi connectivity index (χ0) is 19.6. The first kappa shape index (κ1) is 18.0. The Labute approximate surface area is 165 Å². The van der Waals surface area contributed by atoms with Crippen molar-refractivity contribution in [2.45, 2.75) is 26.2 Å². The van der Waals surface area contributed by atoms with Crippen molar-refractivity contribution in [1.29, 1.82) is 0 Å². The topological polar surface area (TPSA) is 51.6 Å². The van der Waals surface area contributed by atoms with Gasteiger partial charge in [0.2, 0.25) is 11.6 Å². The SMILES string of the molecule is CC(C)(C)c1ccc(-c2nnc(-c3cccc(-c4ccccc4)c3)nn2)cc1. The molecular formula is C24H22N4. The van der Waals surface area contributed by atoms with E-state index in [4.69, 9.17) is 0 Å². The molecule has 0 aliphatic heterocycles. The zero-order valence-electron chi connectivity index (χ0n) is 16.3. The van der Waals surface area contributed by atoms with E-state index in [-0.39, 0.29) is 5.41 Å². The molecule has 4 nitrogen and oxygen atoms in total. The molecule has 0 aliphatic rings. The van der Waals surface area contributed by atoms with Gasteiger partial charge in [0.05, 0.1) is 0 Å². The minimum Gasteiger partial charge on any atom is -0.126 e. The van der Waals surface area contributed by atoms with E-state index < -0.39 is 0 Å². The van der Waals surface area contributed by atoms with Crippen molar-refractivity contribution in [2.24, 2.45) is 0 Å². The lowest BCUT2D eigenvalue weighted by Crippen LogP contribution is -2.10. The second kappa shape index (κ2) is 7.31. The molecule has 0 bridgehead atoms. The van der Waals surface area contributed by atoms with E-state index in [1.54, 1.807) is 0 Å². The van der Waals surface area contributed by atoms with Crippen LogP contribution in [0.3, 0.4) is 0 Å². The van der Waals surface area contributed by atoms with Crippen molar-refractivity contribution in [1.82, 2.24) is 20.4 Å². The molecule has 0 amide bonds. The Hall–Kier alpha value is -3.40. The maximum atomic E-state index is 4.31. The minimum atomic E-state index is 0.115. The molecule has 4 aromatic rings. The first-order chi connectivity index (χ1) is 13.5. The van der Waals surface area contributed by atoms with Gasteiger partial charge in [-0.3, -0.25) is 0 Å². The molecule has 0 atom stereocenters. The lowest BCUT2D eigenvalue weighted by atomic mass is 9.87. The lowest BCUT2D eigenvalue weighted by molar-refractivity contribution is 0.590. The highest BCUT2D eigenvalue weighted by Gasteiger charge is 2.14. The van der Waals surface area contributed by atoms with E-state index in [1.807, 2.05) is 42.5 Å². The van der Waals surface area contributed by atoms with Crippen LogP contribution in [0.5, 0.6) is 0 Å². The van der Waals surface area contributed by atoms with Gasteiger partial charge in [0.1, 0.15) is 0 Å². The predicted octanol–water partition coefficient (Wildman–Crippen LogP) is 5.57. The third kappa shape index (κ3) is 3.81. The van der Waals surface area contributed by atoms with Gasteiger partial charge >= 0.3 is 0 Å². The van der Waals surface area contributed by atoms with Crippen LogP contribution in [0.2, 0.25) is 0 Å². The van der Waals surface area contributed by atoms with Crippen LogP contribution in [0.15, 0.2) is 78.9 Å². The van der Waals surface area contributed by atoms with Crippen molar-refractivity contribution >= 4 is 0 Å². The molecule has 0 radical (unpaired) electrons. The van der Waals surface area contributed by atoms with Crippen LogP contribution in [0.1, 0.15) is 26.3 Å². The van der Waals surface area contributed by atoms with Crippen LogP contribution in [0.25, 0.3) is 33.9 Å². The van der Waals surface area contributed by atoms with Gasteiger partial charge in [0.15, 0.2) is 0 Å². The van der Waals surface area contributed by atoms with Crippen molar-refractivity contribution in [3.05, 3.63) is 84.4 Å². The molecule has 0 N–H and O–H groups in total. The number of nitrogens with zero attached hydrogens (tertiary/aromatic N) is 4. The standard InChI is InChI=1S/C24H22N4/c1-24(2,3)21-14-12-18(13-15-21)22-25-27-23(28-26-22)20-11-7-10-19(16-20)17-8-5-4-6-9-17/h4-16H,1-3H3. The van der Waals surface area contributed by atoms with Gasteiger partial charge in [-0.1, -0.05) is 93.6 Å². The highest BCUT2D eigenvalue weighted by atomic mass is 15.3. The summed E-state index contributed by atoms with van der Waals surface area (Å²) in [5.74, 6) is 1.05. The van der Waals surface area contributed by atoms with Gasteiger partial charge in [-0.15, -0.1) is 20.4 Å². The maximum Gasteiger partial charge on any atom is 0.203 e. The predicted molar refractivity (Wildman–Crippen MR) is 113 cm³/mol. The van der Waals surface area contributed by atoms with Crippen LogP contribution in [0.4, 0.5) is 0 Å². The lowest BCUT2D eigenvalue weighted by Gasteiger charge is -2.18. The molecule has 4 heteroatoms. The van der Waals surface area contributed by atoms with Gasteiger partial charge in [-0.25, -0.2) is 0 Å². The van der Waals surface area contributed by atoms with Crippen molar-refractivity contribution in [3.8, 4) is 33.9 Å². The van der Waals surface area contributed by atoms with E-state index in [9.17, 15) is 0 Å².